The summed E-state index contributed by atoms with van der Waals surface area (Å²) in [7, 11) is 0. The van der Waals surface area contributed by atoms with Crippen LogP contribution in [0.4, 0.5) is 5.69 Å². The standard InChI is InChI=1S/C12H13ClN2O/c1-2-5-9-8-12(16)15(14-9)11-7-4-3-6-10(11)13/h3-4,6-7H,2,5,8H2,1H3. The average molecular weight is 237 g/mol. The van der Waals surface area contributed by atoms with E-state index in [0.29, 0.717) is 17.1 Å². The summed E-state index contributed by atoms with van der Waals surface area (Å²) in [5.41, 5.74) is 1.60. The van der Waals surface area contributed by atoms with Crippen molar-refractivity contribution >= 4 is 28.9 Å². The van der Waals surface area contributed by atoms with E-state index >= 15 is 0 Å². The molecule has 0 radical (unpaired) electrons. The Kier molecular flexibility index (Phi) is 3.25. The molecule has 1 amide bonds. The Bertz CT molecular complexity index is 442. The lowest BCUT2D eigenvalue weighted by Crippen LogP contribution is -2.19. The minimum absolute atomic E-state index is 0.00319. The van der Waals surface area contributed by atoms with Crippen molar-refractivity contribution in [3.63, 3.8) is 0 Å². The topological polar surface area (TPSA) is 32.7 Å². The third-order valence-electron chi connectivity index (χ3n) is 2.45. The number of hydrogen-bond donors (Lipinski definition) is 0. The molecule has 1 aliphatic heterocycles. The van der Waals surface area contributed by atoms with Crippen LogP contribution in [0, 0.1) is 0 Å². The van der Waals surface area contributed by atoms with Crippen molar-refractivity contribution in [1.82, 2.24) is 0 Å². The van der Waals surface area contributed by atoms with Crippen LogP contribution in [0.15, 0.2) is 29.4 Å². The first-order valence-electron chi connectivity index (χ1n) is 5.36. The molecule has 4 heteroatoms. The average Bonchev–Trinajstić information content (AvgIpc) is 2.61. The van der Waals surface area contributed by atoms with Gasteiger partial charge in [-0.2, -0.15) is 10.1 Å². The van der Waals surface area contributed by atoms with E-state index in [9.17, 15) is 4.79 Å². The number of halogens is 1. The first-order chi connectivity index (χ1) is 7.72. The summed E-state index contributed by atoms with van der Waals surface area (Å²) < 4.78 is 0. The summed E-state index contributed by atoms with van der Waals surface area (Å²) >= 11 is 6.03. The zero-order chi connectivity index (χ0) is 11.5. The van der Waals surface area contributed by atoms with Crippen molar-refractivity contribution < 1.29 is 4.79 Å². The van der Waals surface area contributed by atoms with Crippen molar-refractivity contribution in [3.8, 4) is 0 Å². The quantitative estimate of drug-likeness (QED) is 0.793. The Balaban J connectivity index is 2.28. The molecule has 0 bridgehead atoms. The molecular weight excluding hydrogens is 224 g/mol. The Morgan fingerprint density at radius 3 is 2.88 bits per heavy atom. The maximum atomic E-state index is 11.8. The SMILES string of the molecule is CCCC1=NN(c2ccccc2Cl)C(=O)C1. The van der Waals surface area contributed by atoms with Gasteiger partial charge in [0, 0.05) is 5.71 Å². The molecule has 0 spiro atoms. The number of carbonyl (C=O) groups excluding carboxylic acids is 1. The van der Waals surface area contributed by atoms with Crippen LogP contribution in [0.3, 0.4) is 0 Å². The molecule has 3 nitrogen and oxygen atoms in total. The highest BCUT2D eigenvalue weighted by Crippen LogP contribution is 2.28. The number of hydrogen-bond acceptors (Lipinski definition) is 2. The minimum Gasteiger partial charge on any atom is -0.272 e. The van der Waals surface area contributed by atoms with Gasteiger partial charge in [-0.1, -0.05) is 37.1 Å². The third-order valence-corrected chi connectivity index (χ3v) is 2.77. The van der Waals surface area contributed by atoms with Crippen LogP contribution >= 0.6 is 11.6 Å². The second-order valence-electron chi connectivity index (χ2n) is 3.75. The van der Waals surface area contributed by atoms with Crippen molar-refractivity contribution in [2.45, 2.75) is 26.2 Å². The molecule has 0 aromatic heterocycles. The molecule has 2 rings (SSSR count). The second kappa shape index (κ2) is 4.66. The molecule has 0 aliphatic carbocycles. The van der Waals surface area contributed by atoms with Crippen LogP contribution in [0.1, 0.15) is 26.2 Å². The number of hydrazone groups is 1. The van der Waals surface area contributed by atoms with Gasteiger partial charge >= 0.3 is 0 Å². The number of rotatable bonds is 3. The van der Waals surface area contributed by atoms with Gasteiger partial charge in [0.1, 0.15) is 0 Å². The lowest BCUT2D eigenvalue weighted by molar-refractivity contribution is -0.116. The van der Waals surface area contributed by atoms with Gasteiger partial charge in [0.15, 0.2) is 0 Å². The fourth-order valence-corrected chi connectivity index (χ4v) is 1.94. The van der Waals surface area contributed by atoms with Gasteiger partial charge in [-0.15, -0.1) is 0 Å². The summed E-state index contributed by atoms with van der Waals surface area (Å²) in [6.45, 7) is 2.07. The summed E-state index contributed by atoms with van der Waals surface area (Å²) in [5.74, 6) is -0.00319. The Hall–Kier alpha value is -1.35. The fourth-order valence-electron chi connectivity index (χ4n) is 1.72. The van der Waals surface area contributed by atoms with E-state index in [0.717, 1.165) is 18.6 Å². The predicted molar refractivity (Wildman–Crippen MR) is 65.9 cm³/mol. The van der Waals surface area contributed by atoms with E-state index in [-0.39, 0.29) is 5.91 Å². The fraction of sp³-hybridized carbons (Fsp3) is 0.333. The van der Waals surface area contributed by atoms with E-state index in [4.69, 9.17) is 11.6 Å². The molecule has 16 heavy (non-hydrogen) atoms. The van der Waals surface area contributed by atoms with Gasteiger partial charge < -0.3 is 0 Å². The van der Waals surface area contributed by atoms with Crippen LogP contribution < -0.4 is 5.01 Å². The molecule has 0 fully saturated rings. The van der Waals surface area contributed by atoms with Crippen molar-refractivity contribution in [3.05, 3.63) is 29.3 Å². The highest BCUT2D eigenvalue weighted by Gasteiger charge is 2.25. The second-order valence-corrected chi connectivity index (χ2v) is 4.16. The largest absolute Gasteiger partial charge is 0.272 e. The molecule has 1 aromatic rings. The van der Waals surface area contributed by atoms with Gasteiger partial charge in [0.2, 0.25) is 0 Å². The Labute approximate surface area is 99.7 Å². The lowest BCUT2D eigenvalue weighted by atomic mass is 10.2. The van der Waals surface area contributed by atoms with E-state index in [2.05, 4.69) is 12.0 Å². The van der Waals surface area contributed by atoms with Gasteiger partial charge in [-0.3, -0.25) is 4.79 Å². The molecule has 0 saturated heterocycles. The summed E-state index contributed by atoms with van der Waals surface area (Å²) in [6.07, 6.45) is 2.29. The first-order valence-corrected chi connectivity index (χ1v) is 5.74. The zero-order valence-electron chi connectivity index (χ0n) is 9.11. The van der Waals surface area contributed by atoms with Gasteiger partial charge in [0.05, 0.1) is 17.1 Å². The number of nitrogens with zero attached hydrogens (tertiary/aromatic N) is 2. The van der Waals surface area contributed by atoms with Crippen molar-refractivity contribution in [2.24, 2.45) is 5.10 Å². The number of carbonyl (C=O) groups is 1. The van der Waals surface area contributed by atoms with Gasteiger partial charge in [0.25, 0.3) is 5.91 Å². The Morgan fingerprint density at radius 2 is 2.19 bits per heavy atom. The van der Waals surface area contributed by atoms with Crippen LogP contribution in [0.5, 0.6) is 0 Å². The molecule has 0 unspecified atom stereocenters. The number of amides is 1. The first kappa shape index (κ1) is 11.1. The van der Waals surface area contributed by atoms with Crippen molar-refractivity contribution in [1.29, 1.82) is 0 Å². The van der Waals surface area contributed by atoms with Gasteiger partial charge in [-0.05, 0) is 18.6 Å². The zero-order valence-corrected chi connectivity index (χ0v) is 9.87. The van der Waals surface area contributed by atoms with Crippen LogP contribution in [0.25, 0.3) is 0 Å². The van der Waals surface area contributed by atoms with E-state index in [1.165, 1.54) is 5.01 Å². The molecule has 1 heterocycles. The number of para-hydroxylation sites is 1. The molecule has 0 N–H and O–H groups in total. The van der Waals surface area contributed by atoms with E-state index in [1.54, 1.807) is 12.1 Å². The Morgan fingerprint density at radius 1 is 1.44 bits per heavy atom. The number of benzene rings is 1. The van der Waals surface area contributed by atoms with Crippen LogP contribution in [0.2, 0.25) is 5.02 Å². The minimum atomic E-state index is -0.00319. The number of anilines is 1. The molecule has 84 valence electrons. The summed E-state index contributed by atoms with van der Waals surface area (Å²) in [6, 6.07) is 7.25. The molecular formula is C12H13ClN2O. The van der Waals surface area contributed by atoms with Crippen LogP contribution in [-0.4, -0.2) is 11.6 Å². The molecule has 0 atom stereocenters. The third kappa shape index (κ3) is 2.09. The maximum absolute atomic E-state index is 11.8. The smallest absolute Gasteiger partial charge is 0.253 e. The predicted octanol–water partition coefficient (Wildman–Crippen LogP) is 3.23. The van der Waals surface area contributed by atoms with Crippen molar-refractivity contribution in [2.75, 3.05) is 5.01 Å². The van der Waals surface area contributed by atoms with Crippen LogP contribution in [-0.2, 0) is 4.79 Å². The molecule has 0 saturated carbocycles. The van der Waals surface area contributed by atoms with Gasteiger partial charge in [-0.25, -0.2) is 0 Å². The summed E-state index contributed by atoms with van der Waals surface area (Å²) in [4.78, 5) is 11.8. The normalized spacial score (nSPS) is 15.5. The summed E-state index contributed by atoms with van der Waals surface area (Å²) in [5, 5.41) is 6.27. The highest BCUT2D eigenvalue weighted by molar-refractivity contribution is 6.34. The highest BCUT2D eigenvalue weighted by atomic mass is 35.5. The molecule has 1 aliphatic rings. The van der Waals surface area contributed by atoms with E-state index in [1.807, 2.05) is 12.1 Å². The van der Waals surface area contributed by atoms with E-state index < -0.39 is 0 Å². The lowest BCUT2D eigenvalue weighted by Gasteiger charge is -2.12. The molecule has 1 aromatic carbocycles. The monoisotopic (exact) mass is 236 g/mol. The maximum Gasteiger partial charge on any atom is 0.253 e.